The van der Waals surface area contributed by atoms with Gasteiger partial charge in [-0.3, -0.25) is 9.59 Å². The molecule has 4 heterocycles. The van der Waals surface area contributed by atoms with Crippen LogP contribution in [0.1, 0.15) is 23.0 Å². The number of thioether (sulfide) groups is 1. The SMILES string of the molecule is C[C@@H]1COCCN1C(=O)c1cc2c(Nc3ccc4c(c3)SC(=O)C4)ncnc2[nH]1. The molecule has 2 aliphatic heterocycles. The summed E-state index contributed by atoms with van der Waals surface area (Å²) in [6, 6.07) is 7.65. The summed E-state index contributed by atoms with van der Waals surface area (Å²) in [4.78, 5) is 39.1. The molecule has 1 saturated heterocycles. The van der Waals surface area contributed by atoms with Crippen LogP contribution in [0.3, 0.4) is 0 Å². The molecular weight excluding hydrogens is 390 g/mol. The first-order valence-electron chi connectivity index (χ1n) is 9.41. The number of hydrogen-bond acceptors (Lipinski definition) is 7. The van der Waals surface area contributed by atoms with Crippen molar-refractivity contribution in [2.24, 2.45) is 0 Å². The number of hydrogen-bond donors (Lipinski definition) is 2. The minimum Gasteiger partial charge on any atom is -0.377 e. The fourth-order valence-corrected chi connectivity index (χ4v) is 4.59. The molecule has 3 aromatic rings. The fourth-order valence-electron chi connectivity index (χ4n) is 3.66. The van der Waals surface area contributed by atoms with Gasteiger partial charge in [-0.1, -0.05) is 17.8 Å². The first-order chi connectivity index (χ1) is 14.1. The number of benzene rings is 1. The molecule has 148 valence electrons. The molecule has 0 aliphatic carbocycles. The van der Waals surface area contributed by atoms with E-state index in [2.05, 4.69) is 20.3 Å². The monoisotopic (exact) mass is 409 g/mol. The zero-order valence-corrected chi connectivity index (χ0v) is 16.6. The molecule has 1 atom stereocenters. The first-order valence-corrected chi connectivity index (χ1v) is 10.2. The van der Waals surface area contributed by atoms with Crippen molar-refractivity contribution in [3.8, 4) is 0 Å². The quantitative estimate of drug-likeness (QED) is 0.686. The zero-order valence-electron chi connectivity index (χ0n) is 15.8. The zero-order chi connectivity index (χ0) is 20.0. The Balaban J connectivity index is 1.44. The van der Waals surface area contributed by atoms with Gasteiger partial charge in [0.1, 0.15) is 23.5 Å². The number of amides is 1. The molecule has 2 N–H and O–H groups in total. The number of aromatic amines is 1. The Morgan fingerprint density at radius 2 is 2.24 bits per heavy atom. The van der Waals surface area contributed by atoms with Gasteiger partial charge in [0.25, 0.3) is 5.91 Å². The molecule has 29 heavy (non-hydrogen) atoms. The summed E-state index contributed by atoms with van der Waals surface area (Å²) >= 11 is 1.27. The summed E-state index contributed by atoms with van der Waals surface area (Å²) in [6.45, 7) is 3.62. The van der Waals surface area contributed by atoms with Crippen molar-refractivity contribution in [1.29, 1.82) is 0 Å². The molecule has 1 aromatic carbocycles. The van der Waals surface area contributed by atoms with Gasteiger partial charge in [-0.2, -0.15) is 0 Å². The number of anilines is 2. The van der Waals surface area contributed by atoms with Gasteiger partial charge in [0.05, 0.1) is 24.6 Å². The van der Waals surface area contributed by atoms with Crippen LogP contribution in [0, 0.1) is 0 Å². The van der Waals surface area contributed by atoms with Crippen molar-refractivity contribution in [2.45, 2.75) is 24.3 Å². The molecule has 8 nitrogen and oxygen atoms in total. The second kappa shape index (κ2) is 7.16. The largest absolute Gasteiger partial charge is 0.377 e. The van der Waals surface area contributed by atoms with E-state index in [0.717, 1.165) is 21.5 Å². The summed E-state index contributed by atoms with van der Waals surface area (Å²) in [5.74, 6) is 0.534. The number of nitrogens with one attached hydrogen (secondary N) is 2. The van der Waals surface area contributed by atoms with Crippen molar-refractivity contribution in [2.75, 3.05) is 25.1 Å². The highest BCUT2D eigenvalue weighted by Gasteiger charge is 2.26. The summed E-state index contributed by atoms with van der Waals surface area (Å²) in [5.41, 5.74) is 2.96. The van der Waals surface area contributed by atoms with Gasteiger partial charge >= 0.3 is 0 Å². The molecule has 1 amide bonds. The van der Waals surface area contributed by atoms with E-state index in [1.165, 1.54) is 18.1 Å². The van der Waals surface area contributed by atoms with Crippen molar-refractivity contribution >= 4 is 45.3 Å². The van der Waals surface area contributed by atoms with E-state index in [1.807, 2.05) is 30.0 Å². The van der Waals surface area contributed by atoms with E-state index in [0.29, 0.717) is 43.3 Å². The van der Waals surface area contributed by atoms with Gasteiger partial charge in [0.15, 0.2) is 5.12 Å². The van der Waals surface area contributed by atoms with Crippen LogP contribution in [0.25, 0.3) is 11.0 Å². The third kappa shape index (κ3) is 3.36. The van der Waals surface area contributed by atoms with Gasteiger partial charge in [-0.15, -0.1) is 0 Å². The van der Waals surface area contributed by atoms with Gasteiger partial charge in [-0.05, 0) is 30.7 Å². The second-order valence-corrected chi connectivity index (χ2v) is 8.29. The molecule has 2 aromatic heterocycles. The van der Waals surface area contributed by atoms with E-state index in [1.54, 1.807) is 6.07 Å². The van der Waals surface area contributed by atoms with Gasteiger partial charge < -0.3 is 19.9 Å². The maximum Gasteiger partial charge on any atom is 0.270 e. The molecule has 0 radical (unpaired) electrons. The molecule has 0 saturated carbocycles. The Morgan fingerprint density at radius 3 is 3.10 bits per heavy atom. The average Bonchev–Trinajstić information content (AvgIpc) is 3.31. The lowest BCUT2D eigenvalue weighted by atomic mass is 10.1. The van der Waals surface area contributed by atoms with Crippen LogP contribution >= 0.6 is 11.8 Å². The van der Waals surface area contributed by atoms with Gasteiger partial charge in [0, 0.05) is 23.5 Å². The van der Waals surface area contributed by atoms with Crippen LogP contribution in [-0.2, 0) is 16.0 Å². The normalized spacial score (nSPS) is 18.9. The Bertz CT molecular complexity index is 1130. The van der Waals surface area contributed by atoms with Crippen LogP contribution in [-0.4, -0.2) is 56.7 Å². The molecule has 0 unspecified atom stereocenters. The topological polar surface area (TPSA) is 100 Å². The average molecular weight is 409 g/mol. The summed E-state index contributed by atoms with van der Waals surface area (Å²) in [6.07, 6.45) is 1.93. The second-order valence-electron chi connectivity index (χ2n) is 7.19. The van der Waals surface area contributed by atoms with Crippen molar-refractivity contribution in [3.05, 3.63) is 41.9 Å². The number of nitrogens with zero attached hydrogens (tertiary/aromatic N) is 3. The van der Waals surface area contributed by atoms with Crippen LogP contribution in [0.15, 0.2) is 35.5 Å². The highest BCUT2D eigenvalue weighted by Crippen LogP contribution is 2.35. The predicted molar refractivity (Wildman–Crippen MR) is 109 cm³/mol. The van der Waals surface area contributed by atoms with Crippen molar-refractivity contribution in [1.82, 2.24) is 19.9 Å². The smallest absolute Gasteiger partial charge is 0.270 e. The van der Waals surface area contributed by atoms with E-state index in [4.69, 9.17) is 4.74 Å². The number of carbonyl (C=O) groups is 2. The number of aromatic nitrogens is 3. The molecule has 2 aliphatic rings. The lowest BCUT2D eigenvalue weighted by Crippen LogP contribution is -2.47. The van der Waals surface area contributed by atoms with Crippen LogP contribution in [0.4, 0.5) is 11.5 Å². The summed E-state index contributed by atoms with van der Waals surface area (Å²) < 4.78 is 5.42. The van der Waals surface area contributed by atoms with Crippen molar-refractivity contribution < 1.29 is 14.3 Å². The molecular formula is C20H19N5O3S. The van der Waals surface area contributed by atoms with E-state index >= 15 is 0 Å². The lowest BCUT2D eigenvalue weighted by molar-refractivity contribution is -0.110. The van der Waals surface area contributed by atoms with Crippen LogP contribution in [0.5, 0.6) is 0 Å². The number of fused-ring (bicyclic) bond motifs is 2. The highest BCUT2D eigenvalue weighted by atomic mass is 32.2. The van der Waals surface area contributed by atoms with E-state index in [9.17, 15) is 9.59 Å². The predicted octanol–water partition coefficient (Wildman–Crippen LogP) is 2.74. The molecule has 0 spiro atoms. The molecule has 5 rings (SSSR count). The Labute approximate surface area is 171 Å². The van der Waals surface area contributed by atoms with E-state index < -0.39 is 0 Å². The number of morpholine rings is 1. The van der Waals surface area contributed by atoms with Gasteiger partial charge in [0.2, 0.25) is 0 Å². The fraction of sp³-hybridized carbons (Fsp3) is 0.300. The number of rotatable bonds is 3. The molecule has 0 bridgehead atoms. The minimum absolute atomic E-state index is 0.0259. The minimum atomic E-state index is -0.0720. The van der Waals surface area contributed by atoms with Crippen LogP contribution < -0.4 is 5.32 Å². The summed E-state index contributed by atoms with van der Waals surface area (Å²) in [7, 11) is 0. The Kier molecular flexibility index (Phi) is 4.48. The maximum atomic E-state index is 12.9. The standard InChI is InChI=1S/C20H19N5O3S/c1-11-9-28-5-4-25(11)20(27)15-8-14-18(21-10-22-19(14)24-15)23-13-3-2-12-6-17(26)29-16(12)7-13/h2-3,7-8,10-11H,4-6,9H2,1H3,(H2,21,22,23,24)/t11-/m1/s1. The third-order valence-electron chi connectivity index (χ3n) is 5.17. The third-order valence-corrected chi connectivity index (χ3v) is 6.15. The number of carbonyl (C=O) groups excluding carboxylic acids is 2. The highest BCUT2D eigenvalue weighted by molar-refractivity contribution is 8.14. The molecule has 1 fully saturated rings. The number of ether oxygens (including phenoxy) is 1. The van der Waals surface area contributed by atoms with Crippen molar-refractivity contribution in [3.63, 3.8) is 0 Å². The number of H-pyrrole nitrogens is 1. The first kappa shape index (κ1) is 18.1. The maximum absolute atomic E-state index is 12.9. The molecule has 9 heteroatoms. The van der Waals surface area contributed by atoms with Gasteiger partial charge in [-0.25, -0.2) is 9.97 Å². The summed E-state index contributed by atoms with van der Waals surface area (Å²) in [5, 5.41) is 4.19. The Hall–Kier alpha value is -2.91. The van der Waals surface area contributed by atoms with E-state index in [-0.39, 0.29) is 17.1 Å². The Morgan fingerprint density at radius 1 is 1.34 bits per heavy atom. The lowest BCUT2D eigenvalue weighted by Gasteiger charge is -2.32. The van der Waals surface area contributed by atoms with Crippen LogP contribution in [0.2, 0.25) is 0 Å².